The van der Waals surface area contributed by atoms with Gasteiger partial charge in [-0.15, -0.1) is 0 Å². The van der Waals surface area contributed by atoms with Crippen molar-refractivity contribution in [3.05, 3.63) is 29.0 Å². The Morgan fingerprint density at radius 1 is 1.12 bits per heavy atom. The van der Waals surface area contributed by atoms with E-state index in [-0.39, 0.29) is 53.3 Å². The fourth-order valence-electron chi connectivity index (χ4n) is 5.05. The van der Waals surface area contributed by atoms with Gasteiger partial charge in [-0.3, -0.25) is 14.4 Å². The Hall–Kier alpha value is -2.39. The van der Waals surface area contributed by atoms with Gasteiger partial charge in [0.15, 0.2) is 6.61 Å². The number of amides is 3. The topological polar surface area (TPSA) is 106 Å². The van der Waals surface area contributed by atoms with E-state index in [0.717, 1.165) is 25.3 Å². The predicted molar refractivity (Wildman–Crippen MR) is 118 cm³/mol. The van der Waals surface area contributed by atoms with Crippen molar-refractivity contribution in [3.63, 3.8) is 0 Å². The van der Waals surface area contributed by atoms with Gasteiger partial charge in [-0.1, -0.05) is 11.6 Å². The van der Waals surface area contributed by atoms with Gasteiger partial charge in [-0.25, -0.2) is 4.39 Å². The molecular formula is C23H29ClFN3O5. The molecule has 1 aromatic rings. The predicted octanol–water partition coefficient (Wildman–Crippen LogP) is 1.94. The average molecular weight is 482 g/mol. The van der Waals surface area contributed by atoms with Crippen LogP contribution in [-0.2, 0) is 19.1 Å². The van der Waals surface area contributed by atoms with Gasteiger partial charge in [0.1, 0.15) is 17.7 Å². The van der Waals surface area contributed by atoms with Crippen LogP contribution >= 0.6 is 11.6 Å². The Kier molecular flexibility index (Phi) is 7.38. The Morgan fingerprint density at radius 3 is 2.52 bits per heavy atom. The SMILES string of the molecule is CC(=O)NCC1CCC(C(=O)NC2C[C@H](NC(=O)COc3ccc(Cl)c(F)c3)C3CCC23)O1. The van der Waals surface area contributed by atoms with E-state index in [0.29, 0.717) is 31.2 Å². The summed E-state index contributed by atoms with van der Waals surface area (Å²) in [5.74, 6) is -0.241. The van der Waals surface area contributed by atoms with E-state index in [4.69, 9.17) is 21.1 Å². The van der Waals surface area contributed by atoms with Gasteiger partial charge in [0.2, 0.25) is 11.8 Å². The third-order valence-electron chi connectivity index (χ3n) is 6.84. The lowest BCUT2D eigenvalue weighted by molar-refractivity contribution is -0.133. The second kappa shape index (κ2) is 10.3. The number of ether oxygens (including phenoxy) is 2. The van der Waals surface area contributed by atoms with Crippen molar-refractivity contribution >= 4 is 29.3 Å². The second-order valence-electron chi connectivity index (χ2n) is 9.06. The number of hydrogen-bond donors (Lipinski definition) is 3. The van der Waals surface area contributed by atoms with Crippen LogP contribution in [0.3, 0.4) is 0 Å². The minimum Gasteiger partial charge on any atom is -0.484 e. The number of benzene rings is 1. The zero-order chi connectivity index (χ0) is 23.5. The summed E-state index contributed by atoms with van der Waals surface area (Å²) in [6.45, 7) is 1.64. The normalized spacial score (nSPS) is 30.2. The molecule has 3 amide bonds. The number of carbonyl (C=O) groups excluding carboxylic acids is 3. The molecule has 10 heteroatoms. The Morgan fingerprint density at radius 2 is 1.85 bits per heavy atom. The molecule has 4 rings (SSSR count). The van der Waals surface area contributed by atoms with Crippen LogP contribution in [0.5, 0.6) is 5.75 Å². The number of carbonyl (C=O) groups is 3. The lowest BCUT2D eigenvalue weighted by Crippen LogP contribution is -2.46. The number of rotatable bonds is 8. The summed E-state index contributed by atoms with van der Waals surface area (Å²) in [5, 5.41) is 8.84. The quantitative estimate of drug-likeness (QED) is 0.526. The highest BCUT2D eigenvalue weighted by molar-refractivity contribution is 6.30. The van der Waals surface area contributed by atoms with Crippen LogP contribution in [0.15, 0.2) is 18.2 Å². The first-order valence-electron chi connectivity index (χ1n) is 11.4. The van der Waals surface area contributed by atoms with Crippen LogP contribution in [0, 0.1) is 17.7 Å². The first kappa shape index (κ1) is 23.8. The van der Waals surface area contributed by atoms with E-state index in [2.05, 4.69) is 16.0 Å². The molecular weight excluding hydrogens is 453 g/mol. The molecule has 3 fully saturated rings. The van der Waals surface area contributed by atoms with Crippen molar-refractivity contribution in [2.75, 3.05) is 13.2 Å². The maximum atomic E-state index is 13.5. The molecule has 1 aliphatic heterocycles. The van der Waals surface area contributed by atoms with Gasteiger partial charge < -0.3 is 25.4 Å². The largest absolute Gasteiger partial charge is 0.484 e. The summed E-state index contributed by atoms with van der Waals surface area (Å²) in [4.78, 5) is 36.2. The summed E-state index contributed by atoms with van der Waals surface area (Å²) in [6, 6.07) is 3.98. The molecule has 1 saturated heterocycles. The van der Waals surface area contributed by atoms with E-state index < -0.39 is 11.9 Å². The molecule has 180 valence electrons. The van der Waals surface area contributed by atoms with Crippen LogP contribution in [0.25, 0.3) is 0 Å². The number of nitrogens with one attached hydrogen (secondary N) is 3. The maximum Gasteiger partial charge on any atom is 0.258 e. The summed E-state index contributed by atoms with van der Waals surface area (Å²) in [7, 11) is 0. The van der Waals surface area contributed by atoms with Crippen molar-refractivity contribution in [2.45, 2.75) is 63.3 Å². The summed E-state index contributed by atoms with van der Waals surface area (Å²) >= 11 is 5.65. The molecule has 6 atom stereocenters. The van der Waals surface area contributed by atoms with Crippen LogP contribution in [-0.4, -0.2) is 55.2 Å². The monoisotopic (exact) mass is 481 g/mol. The lowest BCUT2D eigenvalue weighted by Gasteiger charge is -2.36. The smallest absolute Gasteiger partial charge is 0.258 e. The van der Waals surface area contributed by atoms with E-state index in [1.54, 1.807) is 0 Å². The molecule has 8 nitrogen and oxygen atoms in total. The summed E-state index contributed by atoms with van der Waals surface area (Å²) < 4.78 is 24.7. The summed E-state index contributed by atoms with van der Waals surface area (Å²) in [6.07, 6.45) is 3.37. The first-order valence-corrected chi connectivity index (χ1v) is 11.8. The molecule has 3 aliphatic rings. The van der Waals surface area contributed by atoms with Crippen molar-refractivity contribution in [1.82, 2.24) is 16.0 Å². The van der Waals surface area contributed by atoms with E-state index in [9.17, 15) is 18.8 Å². The van der Waals surface area contributed by atoms with Gasteiger partial charge in [0.05, 0.1) is 11.1 Å². The van der Waals surface area contributed by atoms with Gasteiger partial charge >= 0.3 is 0 Å². The van der Waals surface area contributed by atoms with Gasteiger partial charge in [-0.2, -0.15) is 0 Å². The van der Waals surface area contributed by atoms with Gasteiger partial charge in [-0.05, 0) is 56.1 Å². The fourth-order valence-corrected chi connectivity index (χ4v) is 5.17. The molecule has 0 bridgehead atoms. The maximum absolute atomic E-state index is 13.5. The second-order valence-corrected chi connectivity index (χ2v) is 9.46. The standard InChI is InChI=1S/C23H29ClFN3O5/c1-12(29)26-10-14-3-7-21(33-14)23(31)28-20-9-19(15-4-5-16(15)20)27-22(30)11-32-13-2-6-17(24)18(25)8-13/h2,6,8,14-16,19-21H,3-5,7,9-11H2,1H3,(H,26,29)(H,27,30)(H,28,31)/t14?,15?,16?,19-,20?,21?/m0/s1. The van der Waals surface area contributed by atoms with E-state index in [1.165, 1.54) is 19.1 Å². The zero-order valence-electron chi connectivity index (χ0n) is 18.4. The van der Waals surface area contributed by atoms with Crippen LogP contribution in [0.1, 0.15) is 39.0 Å². The highest BCUT2D eigenvalue weighted by Crippen LogP contribution is 2.47. The summed E-state index contributed by atoms with van der Waals surface area (Å²) in [5.41, 5.74) is 0. The highest BCUT2D eigenvalue weighted by atomic mass is 35.5. The van der Waals surface area contributed by atoms with Gasteiger partial charge in [0.25, 0.3) is 5.91 Å². The van der Waals surface area contributed by atoms with Crippen molar-refractivity contribution in [2.24, 2.45) is 11.8 Å². The van der Waals surface area contributed by atoms with Crippen LogP contribution in [0.2, 0.25) is 5.02 Å². The third kappa shape index (κ3) is 5.76. The molecule has 3 N–H and O–H groups in total. The minimum atomic E-state index is -0.603. The molecule has 0 radical (unpaired) electrons. The number of hydrogen-bond acceptors (Lipinski definition) is 5. The molecule has 0 spiro atoms. The zero-order valence-corrected chi connectivity index (χ0v) is 19.2. The molecule has 1 heterocycles. The highest BCUT2D eigenvalue weighted by Gasteiger charge is 2.50. The van der Waals surface area contributed by atoms with Crippen LogP contribution in [0.4, 0.5) is 4.39 Å². The van der Waals surface area contributed by atoms with E-state index >= 15 is 0 Å². The van der Waals surface area contributed by atoms with Gasteiger partial charge in [0, 0.05) is 31.6 Å². The molecule has 2 aliphatic carbocycles. The Bertz CT molecular complexity index is 916. The Balaban J connectivity index is 1.23. The number of halogens is 2. The molecule has 33 heavy (non-hydrogen) atoms. The van der Waals surface area contributed by atoms with Crippen molar-refractivity contribution in [3.8, 4) is 5.75 Å². The molecule has 1 aromatic carbocycles. The fraction of sp³-hybridized carbons (Fsp3) is 0.609. The van der Waals surface area contributed by atoms with Crippen molar-refractivity contribution in [1.29, 1.82) is 0 Å². The average Bonchev–Trinajstić information content (AvgIpc) is 3.29. The van der Waals surface area contributed by atoms with Crippen LogP contribution < -0.4 is 20.7 Å². The number of fused-ring (bicyclic) bond motifs is 1. The Labute approximate surface area is 196 Å². The minimum absolute atomic E-state index is 0.00637. The third-order valence-corrected chi connectivity index (χ3v) is 7.15. The molecule has 0 aromatic heterocycles. The van der Waals surface area contributed by atoms with E-state index in [1.807, 2.05) is 0 Å². The molecule has 2 saturated carbocycles. The molecule has 5 unspecified atom stereocenters. The van der Waals surface area contributed by atoms with Crippen molar-refractivity contribution < 1.29 is 28.2 Å². The first-order chi connectivity index (χ1) is 15.8. The lowest BCUT2D eigenvalue weighted by atomic mass is 9.73.